The Hall–Kier alpha value is -3.56. The highest BCUT2D eigenvalue weighted by Gasteiger charge is 2.14. The SMILES string of the molecule is Cc1ccc(S(=O)(=O)Nc2ccc(NC(=O)CCn3c(=O)oc4cc(Cl)ccc43)cc2)cc1. The Kier molecular flexibility index (Phi) is 6.26. The molecule has 0 aliphatic rings. The summed E-state index contributed by atoms with van der Waals surface area (Å²) < 4.78 is 34.0. The van der Waals surface area contributed by atoms with Crippen molar-refractivity contribution in [3.8, 4) is 0 Å². The molecule has 0 bridgehead atoms. The lowest BCUT2D eigenvalue weighted by molar-refractivity contribution is -0.116. The van der Waals surface area contributed by atoms with Crippen LogP contribution in [-0.4, -0.2) is 18.9 Å². The van der Waals surface area contributed by atoms with Gasteiger partial charge < -0.3 is 9.73 Å². The lowest BCUT2D eigenvalue weighted by atomic mass is 10.2. The van der Waals surface area contributed by atoms with Crippen LogP contribution in [-0.2, 0) is 21.4 Å². The van der Waals surface area contributed by atoms with E-state index in [0.717, 1.165) is 5.56 Å². The van der Waals surface area contributed by atoms with Crippen LogP contribution in [0.25, 0.3) is 11.1 Å². The molecule has 4 aromatic rings. The van der Waals surface area contributed by atoms with Crippen LogP contribution in [0.3, 0.4) is 0 Å². The summed E-state index contributed by atoms with van der Waals surface area (Å²) in [5, 5.41) is 3.18. The number of hydrogen-bond acceptors (Lipinski definition) is 5. The molecular formula is C23H20ClN3O5S. The van der Waals surface area contributed by atoms with Crippen molar-refractivity contribution in [2.75, 3.05) is 10.0 Å². The molecule has 0 radical (unpaired) electrons. The number of nitrogens with one attached hydrogen (secondary N) is 2. The molecule has 1 heterocycles. The van der Waals surface area contributed by atoms with Gasteiger partial charge in [-0.3, -0.25) is 14.1 Å². The number of sulfonamides is 1. The summed E-state index contributed by atoms with van der Waals surface area (Å²) >= 11 is 5.91. The van der Waals surface area contributed by atoms with Crippen molar-refractivity contribution in [2.45, 2.75) is 24.8 Å². The molecule has 1 aromatic heterocycles. The van der Waals surface area contributed by atoms with Crippen molar-refractivity contribution in [2.24, 2.45) is 0 Å². The number of halogens is 1. The minimum absolute atomic E-state index is 0.0406. The van der Waals surface area contributed by atoms with E-state index in [1.807, 2.05) is 6.92 Å². The zero-order chi connectivity index (χ0) is 23.6. The number of benzene rings is 3. The number of anilines is 2. The molecule has 0 unspecified atom stereocenters. The van der Waals surface area contributed by atoms with Gasteiger partial charge in [0.25, 0.3) is 10.0 Å². The van der Waals surface area contributed by atoms with E-state index in [4.69, 9.17) is 16.0 Å². The number of fused-ring (bicyclic) bond motifs is 1. The second kappa shape index (κ2) is 9.13. The molecule has 4 rings (SSSR count). The van der Waals surface area contributed by atoms with E-state index in [-0.39, 0.29) is 23.8 Å². The van der Waals surface area contributed by atoms with Gasteiger partial charge in [-0.15, -0.1) is 0 Å². The summed E-state index contributed by atoms with van der Waals surface area (Å²) in [7, 11) is -3.71. The van der Waals surface area contributed by atoms with E-state index in [2.05, 4.69) is 10.0 Å². The van der Waals surface area contributed by atoms with Crippen LogP contribution in [0.1, 0.15) is 12.0 Å². The van der Waals surface area contributed by atoms with Gasteiger partial charge in [-0.05, 0) is 55.5 Å². The van der Waals surface area contributed by atoms with Gasteiger partial charge >= 0.3 is 5.76 Å². The zero-order valence-electron chi connectivity index (χ0n) is 17.5. The number of amides is 1. The molecule has 3 aromatic carbocycles. The second-order valence-corrected chi connectivity index (χ2v) is 9.54. The maximum Gasteiger partial charge on any atom is 0.419 e. The predicted octanol–water partition coefficient (Wildman–Crippen LogP) is 4.39. The number of aryl methyl sites for hydroxylation is 2. The third kappa shape index (κ3) is 5.27. The van der Waals surface area contributed by atoms with Gasteiger partial charge in [0.15, 0.2) is 5.58 Å². The highest BCUT2D eigenvalue weighted by atomic mass is 35.5. The molecule has 0 atom stereocenters. The van der Waals surface area contributed by atoms with Crippen molar-refractivity contribution in [1.82, 2.24) is 4.57 Å². The number of aromatic nitrogens is 1. The average molecular weight is 486 g/mol. The van der Waals surface area contributed by atoms with Crippen LogP contribution in [0.2, 0.25) is 5.02 Å². The third-order valence-corrected chi connectivity index (χ3v) is 6.58. The minimum atomic E-state index is -3.71. The molecule has 0 saturated carbocycles. The first-order valence-electron chi connectivity index (χ1n) is 9.99. The summed E-state index contributed by atoms with van der Waals surface area (Å²) in [5.74, 6) is -0.872. The highest BCUT2D eigenvalue weighted by Crippen LogP contribution is 2.20. The van der Waals surface area contributed by atoms with E-state index >= 15 is 0 Å². The lowest BCUT2D eigenvalue weighted by Crippen LogP contribution is -2.19. The van der Waals surface area contributed by atoms with Crippen LogP contribution in [0.5, 0.6) is 0 Å². The smallest absolute Gasteiger partial charge is 0.408 e. The van der Waals surface area contributed by atoms with Crippen molar-refractivity contribution >= 4 is 50.0 Å². The monoisotopic (exact) mass is 485 g/mol. The lowest BCUT2D eigenvalue weighted by Gasteiger charge is -2.10. The summed E-state index contributed by atoms with van der Waals surface area (Å²) in [5.41, 5.74) is 2.74. The van der Waals surface area contributed by atoms with Gasteiger partial charge in [0.2, 0.25) is 5.91 Å². The first kappa shape index (κ1) is 22.6. The van der Waals surface area contributed by atoms with E-state index in [1.54, 1.807) is 54.6 Å². The zero-order valence-corrected chi connectivity index (χ0v) is 19.1. The Bertz CT molecular complexity index is 1470. The largest absolute Gasteiger partial charge is 0.419 e. The fourth-order valence-electron chi connectivity index (χ4n) is 3.24. The molecule has 1 amide bonds. The standard InChI is InChI=1S/C23H20ClN3O5S/c1-15-2-9-19(10-3-15)33(30,31)26-18-7-5-17(6-8-18)25-22(28)12-13-27-20-11-4-16(24)14-21(20)32-23(27)29/h2-11,14,26H,12-13H2,1H3,(H,25,28). The number of hydrogen-bond donors (Lipinski definition) is 2. The summed E-state index contributed by atoms with van der Waals surface area (Å²) in [6, 6.07) is 17.7. The maximum absolute atomic E-state index is 12.5. The van der Waals surface area contributed by atoms with Gasteiger partial charge in [-0.25, -0.2) is 13.2 Å². The van der Waals surface area contributed by atoms with Crippen LogP contribution < -0.4 is 15.8 Å². The van der Waals surface area contributed by atoms with Gasteiger partial charge in [0.05, 0.1) is 10.4 Å². The molecule has 2 N–H and O–H groups in total. The minimum Gasteiger partial charge on any atom is -0.408 e. The number of oxazole rings is 1. The molecule has 0 aliphatic carbocycles. The Morgan fingerprint density at radius 2 is 1.67 bits per heavy atom. The Morgan fingerprint density at radius 3 is 2.36 bits per heavy atom. The van der Waals surface area contributed by atoms with Crippen molar-refractivity contribution < 1.29 is 17.6 Å². The van der Waals surface area contributed by atoms with Gasteiger partial charge in [0.1, 0.15) is 0 Å². The van der Waals surface area contributed by atoms with Crippen LogP contribution in [0.4, 0.5) is 11.4 Å². The van der Waals surface area contributed by atoms with E-state index in [9.17, 15) is 18.0 Å². The number of nitrogens with zero attached hydrogens (tertiary/aromatic N) is 1. The Labute approximate surface area is 194 Å². The number of rotatable bonds is 7. The Balaban J connectivity index is 1.37. The van der Waals surface area contributed by atoms with E-state index in [1.165, 1.54) is 16.7 Å². The van der Waals surface area contributed by atoms with Crippen LogP contribution in [0, 0.1) is 6.92 Å². The third-order valence-electron chi connectivity index (χ3n) is 4.94. The summed E-state index contributed by atoms with van der Waals surface area (Å²) in [6.45, 7) is 2.01. The van der Waals surface area contributed by atoms with Gasteiger partial charge in [0, 0.05) is 35.4 Å². The molecule has 170 valence electrons. The van der Waals surface area contributed by atoms with Gasteiger partial charge in [-0.1, -0.05) is 29.3 Å². The molecule has 0 fully saturated rings. The van der Waals surface area contributed by atoms with Crippen molar-refractivity contribution in [3.05, 3.63) is 87.9 Å². The summed E-state index contributed by atoms with van der Waals surface area (Å²) in [4.78, 5) is 24.6. The second-order valence-electron chi connectivity index (χ2n) is 7.43. The number of carbonyl (C=O) groups excluding carboxylic acids is 1. The fourth-order valence-corrected chi connectivity index (χ4v) is 4.46. The quantitative estimate of drug-likeness (QED) is 0.403. The first-order chi connectivity index (χ1) is 15.7. The molecule has 8 nitrogen and oxygen atoms in total. The predicted molar refractivity (Wildman–Crippen MR) is 127 cm³/mol. The van der Waals surface area contributed by atoms with E-state index < -0.39 is 15.8 Å². The summed E-state index contributed by atoms with van der Waals surface area (Å²) in [6.07, 6.45) is 0.0406. The Morgan fingerprint density at radius 1 is 1.00 bits per heavy atom. The number of carbonyl (C=O) groups is 1. The normalized spacial score (nSPS) is 11.5. The fraction of sp³-hybridized carbons (Fsp3) is 0.130. The van der Waals surface area contributed by atoms with E-state index in [0.29, 0.717) is 27.5 Å². The molecule has 0 saturated heterocycles. The first-order valence-corrected chi connectivity index (χ1v) is 11.9. The molecule has 33 heavy (non-hydrogen) atoms. The van der Waals surface area contributed by atoms with Crippen molar-refractivity contribution in [1.29, 1.82) is 0 Å². The molecular weight excluding hydrogens is 466 g/mol. The van der Waals surface area contributed by atoms with Gasteiger partial charge in [-0.2, -0.15) is 0 Å². The highest BCUT2D eigenvalue weighted by molar-refractivity contribution is 7.92. The molecule has 0 aliphatic heterocycles. The van der Waals surface area contributed by atoms with Crippen molar-refractivity contribution in [3.63, 3.8) is 0 Å². The van der Waals surface area contributed by atoms with Crippen LogP contribution >= 0.6 is 11.6 Å². The van der Waals surface area contributed by atoms with Crippen LogP contribution in [0.15, 0.2) is 80.8 Å². The average Bonchev–Trinajstić information content (AvgIpc) is 3.07. The maximum atomic E-state index is 12.5. The molecule has 10 heteroatoms. The topological polar surface area (TPSA) is 110 Å². The molecule has 0 spiro atoms.